The average molecular weight is 485 g/mol. The molecule has 9 nitrogen and oxygen atoms in total. The van der Waals surface area contributed by atoms with Crippen LogP contribution < -0.4 is 15.8 Å². The third kappa shape index (κ3) is 9.10. The first-order chi connectivity index (χ1) is 15.9. The number of nitrogens with zero attached hydrogens (tertiary/aromatic N) is 2. The fraction of sp³-hybridized carbons (Fsp3) is 0.652. The number of amides is 1. The molecule has 2 aliphatic heterocycles. The summed E-state index contributed by atoms with van der Waals surface area (Å²) in [5.74, 6) is 0.969. The summed E-state index contributed by atoms with van der Waals surface area (Å²) < 4.78 is 11.4. The topological polar surface area (TPSA) is 117 Å². The summed E-state index contributed by atoms with van der Waals surface area (Å²) in [5.41, 5.74) is 6.63. The first kappa shape index (κ1) is 27.3. The van der Waals surface area contributed by atoms with Crippen molar-refractivity contribution in [1.82, 2.24) is 15.1 Å². The van der Waals surface area contributed by atoms with Gasteiger partial charge in [-0.25, -0.2) is 0 Å². The van der Waals surface area contributed by atoms with Crippen LogP contribution in [0.2, 0.25) is 5.02 Å². The van der Waals surface area contributed by atoms with E-state index in [2.05, 4.69) is 22.2 Å². The number of carbonyl (C=O) groups excluding carboxylic acids is 2. The Morgan fingerprint density at radius 3 is 2.70 bits per heavy atom. The lowest BCUT2D eigenvalue weighted by molar-refractivity contribution is -0.110. The average Bonchev–Trinajstić information content (AvgIpc) is 2.82. The van der Waals surface area contributed by atoms with E-state index < -0.39 is 0 Å². The van der Waals surface area contributed by atoms with E-state index in [1.165, 1.54) is 25.9 Å². The number of nitrogens with one attached hydrogen (secondary N) is 1. The minimum Gasteiger partial charge on any atom is -0.493 e. The third-order valence-corrected chi connectivity index (χ3v) is 6.11. The molecular formula is C23H37ClN4O5. The van der Waals surface area contributed by atoms with Crippen LogP contribution in [0.4, 0.5) is 5.69 Å². The van der Waals surface area contributed by atoms with Crippen LogP contribution in [0.5, 0.6) is 5.75 Å². The van der Waals surface area contributed by atoms with Crippen molar-refractivity contribution in [3.05, 3.63) is 22.7 Å². The van der Waals surface area contributed by atoms with Gasteiger partial charge in [-0.05, 0) is 51.9 Å². The highest BCUT2D eigenvalue weighted by molar-refractivity contribution is 6.33. The van der Waals surface area contributed by atoms with Crippen LogP contribution >= 0.6 is 11.6 Å². The molecule has 2 aliphatic rings. The summed E-state index contributed by atoms with van der Waals surface area (Å²) in [6, 6.07) is 3.16. The molecular weight excluding hydrogens is 448 g/mol. The maximum atomic E-state index is 12.7. The molecule has 2 fully saturated rings. The second-order valence-electron chi connectivity index (χ2n) is 8.36. The molecule has 0 saturated carbocycles. The van der Waals surface area contributed by atoms with Gasteiger partial charge in [0.25, 0.3) is 5.91 Å². The molecule has 0 aliphatic carbocycles. The van der Waals surface area contributed by atoms with Crippen LogP contribution in [0.3, 0.4) is 0 Å². The van der Waals surface area contributed by atoms with Crippen molar-refractivity contribution in [2.24, 2.45) is 5.92 Å². The number of nitrogens with two attached hydrogens (primary N) is 1. The number of morpholine rings is 1. The van der Waals surface area contributed by atoms with Gasteiger partial charge in [-0.2, -0.15) is 0 Å². The van der Waals surface area contributed by atoms with E-state index in [1.807, 2.05) is 6.92 Å². The molecule has 2 saturated heterocycles. The number of likely N-dealkylation sites (tertiary alicyclic amines) is 1. The zero-order valence-electron chi connectivity index (χ0n) is 19.6. The van der Waals surface area contributed by atoms with Gasteiger partial charge in [0.2, 0.25) is 0 Å². The van der Waals surface area contributed by atoms with Gasteiger partial charge in [-0.3, -0.25) is 9.69 Å². The number of benzene rings is 1. The molecule has 1 atom stereocenters. The van der Waals surface area contributed by atoms with Gasteiger partial charge in [0, 0.05) is 32.2 Å². The molecule has 1 aromatic carbocycles. The Balaban J connectivity index is 0.000000890. The smallest absolute Gasteiger partial charge is 0.255 e. The maximum Gasteiger partial charge on any atom is 0.255 e. The van der Waals surface area contributed by atoms with Gasteiger partial charge in [-0.1, -0.05) is 11.6 Å². The van der Waals surface area contributed by atoms with Crippen LogP contribution in [-0.4, -0.2) is 99.3 Å². The summed E-state index contributed by atoms with van der Waals surface area (Å²) in [4.78, 5) is 26.5. The Morgan fingerprint density at radius 1 is 1.36 bits per heavy atom. The van der Waals surface area contributed by atoms with Crippen molar-refractivity contribution in [2.45, 2.75) is 25.9 Å². The SMILES string of the molecule is CCOc1cc(N)c(Cl)cc1C(=O)NCC1CN(CC2CCN(C)CC2)CCO1.O=CCO. The fourth-order valence-electron chi connectivity index (χ4n) is 4.00. The highest BCUT2D eigenvalue weighted by Gasteiger charge is 2.25. The Morgan fingerprint density at radius 2 is 2.06 bits per heavy atom. The molecule has 0 spiro atoms. The monoisotopic (exact) mass is 484 g/mol. The minimum atomic E-state index is -0.361. The van der Waals surface area contributed by atoms with Gasteiger partial charge >= 0.3 is 0 Å². The molecule has 3 rings (SSSR count). The lowest BCUT2D eigenvalue weighted by atomic mass is 9.96. The molecule has 10 heteroatoms. The molecule has 1 aromatic rings. The van der Waals surface area contributed by atoms with Crippen molar-refractivity contribution in [3.63, 3.8) is 0 Å². The molecule has 0 aromatic heterocycles. The van der Waals surface area contributed by atoms with Gasteiger partial charge in [0.15, 0.2) is 0 Å². The first-order valence-electron chi connectivity index (χ1n) is 11.4. The second-order valence-corrected chi connectivity index (χ2v) is 8.77. The highest BCUT2D eigenvalue weighted by atomic mass is 35.5. The zero-order chi connectivity index (χ0) is 24.2. The lowest BCUT2D eigenvalue weighted by Gasteiger charge is -2.37. The summed E-state index contributed by atoms with van der Waals surface area (Å²) in [5, 5.41) is 10.8. The number of aliphatic hydroxyl groups is 1. The Labute approximate surface area is 201 Å². The number of piperidine rings is 1. The van der Waals surface area contributed by atoms with E-state index in [-0.39, 0.29) is 18.6 Å². The molecule has 33 heavy (non-hydrogen) atoms. The zero-order valence-corrected chi connectivity index (χ0v) is 20.4. The number of hydrogen-bond acceptors (Lipinski definition) is 8. The van der Waals surface area contributed by atoms with Crippen molar-refractivity contribution in [2.75, 3.05) is 71.9 Å². The number of carbonyl (C=O) groups is 2. The number of halogens is 1. The van der Waals surface area contributed by atoms with Gasteiger partial charge in [-0.15, -0.1) is 0 Å². The van der Waals surface area contributed by atoms with Gasteiger partial charge in [0.05, 0.1) is 42.2 Å². The summed E-state index contributed by atoms with van der Waals surface area (Å²) in [7, 11) is 2.19. The minimum absolute atomic E-state index is 0.0150. The molecule has 4 N–H and O–H groups in total. The van der Waals surface area contributed by atoms with E-state index in [4.69, 9.17) is 36.7 Å². The number of aliphatic hydroxyl groups excluding tert-OH is 1. The predicted octanol–water partition coefficient (Wildman–Crippen LogP) is 1.27. The van der Waals surface area contributed by atoms with Crippen molar-refractivity contribution >= 4 is 29.5 Å². The number of aldehydes is 1. The highest BCUT2D eigenvalue weighted by Crippen LogP contribution is 2.29. The van der Waals surface area contributed by atoms with Crippen LogP contribution in [0.15, 0.2) is 12.1 Å². The standard InChI is InChI=1S/C21H33ClN4O3.C2H4O2/c1-3-28-20-11-19(23)18(22)10-17(20)21(27)24-12-16-14-26(8-9-29-16)13-15-4-6-25(2)7-5-15;3-1-2-4/h10-11,15-16H,3-9,12-14,23H2,1-2H3,(H,24,27);1,4H,2H2. The van der Waals surface area contributed by atoms with E-state index in [1.54, 1.807) is 12.1 Å². The van der Waals surface area contributed by atoms with Gasteiger partial charge in [0.1, 0.15) is 12.0 Å². The fourth-order valence-corrected chi connectivity index (χ4v) is 4.17. The summed E-state index contributed by atoms with van der Waals surface area (Å²) in [6.07, 6.45) is 2.93. The number of anilines is 1. The normalized spacial score (nSPS) is 19.9. The number of nitrogen functional groups attached to an aromatic ring is 1. The number of rotatable bonds is 8. The molecule has 1 unspecified atom stereocenters. The second kappa shape index (κ2) is 14.4. The van der Waals surface area contributed by atoms with Crippen molar-refractivity contribution in [1.29, 1.82) is 0 Å². The number of ether oxygens (including phenoxy) is 2. The Bertz CT molecular complexity index is 759. The quantitative estimate of drug-likeness (QED) is 0.373. The van der Waals surface area contributed by atoms with E-state index in [0.29, 0.717) is 48.1 Å². The van der Waals surface area contributed by atoms with Gasteiger partial charge < -0.3 is 35.3 Å². The maximum absolute atomic E-state index is 12.7. The molecule has 0 radical (unpaired) electrons. The predicted molar refractivity (Wildman–Crippen MR) is 129 cm³/mol. The molecule has 1 amide bonds. The van der Waals surface area contributed by atoms with Crippen LogP contribution in [-0.2, 0) is 9.53 Å². The van der Waals surface area contributed by atoms with E-state index >= 15 is 0 Å². The largest absolute Gasteiger partial charge is 0.493 e. The molecule has 186 valence electrons. The number of hydrogen-bond donors (Lipinski definition) is 3. The van der Waals surface area contributed by atoms with Crippen LogP contribution in [0.25, 0.3) is 0 Å². The van der Waals surface area contributed by atoms with E-state index in [0.717, 1.165) is 25.6 Å². The third-order valence-electron chi connectivity index (χ3n) is 5.79. The Kier molecular flexibility index (Phi) is 11.9. The van der Waals surface area contributed by atoms with Crippen LogP contribution in [0, 0.1) is 5.92 Å². The lowest BCUT2D eigenvalue weighted by Crippen LogP contribution is -2.49. The first-order valence-corrected chi connectivity index (χ1v) is 11.8. The molecule has 2 heterocycles. The van der Waals surface area contributed by atoms with Crippen LogP contribution in [0.1, 0.15) is 30.1 Å². The molecule has 0 bridgehead atoms. The van der Waals surface area contributed by atoms with Crippen molar-refractivity contribution in [3.8, 4) is 5.75 Å². The summed E-state index contributed by atoms with van der Waals surface area (Å²) >= 11 is 6.10. The van der Waals surface area contributed by atoms with Crippen molar-refractivity contribution < 1.29 is 24.2 Å². The summed E-state index contributed by atoms with van der Waals surface area (Å²) in [6.45, 7) is 8.37. The Hall–Kier alpha value is -1.91. The van der Waals surface area contributed by atoms with E-state index in [9.17, 15) is 4.79 Å².